The number of rotatable bonds is 8. The fraction of sp³-hybridized carbons (Fsp3) is 0.417. The molecule has 2 aromatic rings. The van der Waals surface area contributed by atoms with E-state index >= 15 is 0 Å². The van der Waals surface area contributed by atoms with Crippen molar-refractivity contribution in [3.63, 3.8) is 0 Å². The number of nitrogens with zero attached hydrogens (tertiary/aromatic N) is 1. The van der Waals surface area contributed by atoms with E-state index in [1.807, 2.05) is 31.2 Å². The van der Waals surface area contributed by atoms with Crippen LogP contribution in [0.4, 0.5) is 0 Å². The van der Waals surface area contributed by atoms with Crippen LogP contribution in [0, 0.1) is 6.92 Å². The van der Waals surface area contributed by atoms with Crippen molar-refractivity contribution in [2.45, 2.75) is 25.8 Å². The lowest BCUT2D eigenvalue weighted by Crippen LogP contribution is -2.47. The third-order valence-electron chi connectivity index (χ3n) is 5.45. The van der Waals surface area contributed by atoms with Gasteiger partial charge in [-0.3, -0.25) is 9.59 Å². The number of amides is 2. The third-order valence-corrected chi connectivity index (χ3v) is 5.45. The maximum Gasteiger partial charge on any atom is 0.258 e. The van der Waals surface area contributed by atoms with Crippen LogP contribution in [-0.4, -0.2) is 63.8 Å². The van der Waals surface area contributed by atoms with E-state index in [1.54, 1.807) is 17.0 Å². The number of carbonyl (C=O) groups is 2. The number of hydrogen-bond acceptors (Lipinski definition) is 6. The highest BCUT2D eigenvalue weighted by atomic mass is 16.5. The van der Waals surface area contributed by atoms with E-state index in [0.29, 0.717) is 54.5 Å². The van der Waals surface area contributed by atoms with Gasteiger partial charge in [0.1, 0.15) is 5.75 Å². The lowest BCUT2D eigenvalue weighted by molar-refractivity contribution is -0.124. The van der Waals surface area contributed by atoms with E-state index in [4.69, 9.17) is 18.9 Å². The maximum absolute atomic E-state index is 13.0. The fourth-order valence-corrected chi connectivity index (χ4v) is 3.67. The summed E-state index contributed by atoms with van der Waals surface area (Å²) in [6.07, 6.45) is 1.35. The molecule has 1 heterocycles. The summed E-state index contributed by atoms with van der Waals surface area (Å²) in [7, 11) is 4.55. The molecular weight excluding hydrogens is 412 g/mol. The zero-order chi connectivity index (χ0) is 23.1. The lowest BCUT2D eigenvalue weighted by Gasteiger charge is -2.32. The number of nitrogens with one attached hydrogen (secondary N) is 1. The Morgan fingerprint density at radius 3 is 2.09 bits per heavy atom. The first-order chi connectivity index (χ1) is 15.4. The number of ether oxygens (including phenoxy) is 4. The monoisotopic (exact) mass is 442 g/mol. The van der Waals surface area contributed by atoms with E-state index in [0.717, 1.165) is 5.56 Å². The van der Waals surface area contributed by atoms with Crippen LogP contribution in [0.5, 0.6) is 23.0 Å². The molecule has 0 radical (unpaired) electrons. The van der Waals surface area contributed by atoms with Crippen molar-refractivity contribution in [2.24, 2.45) is 0 Å². The molecule has 1 aliphatic rings. The molecule has 0 aromatic heterocycles. The number of hydrogen-bond donors (Lipinski definition) is 1. The lowest BCUT2D eigenvalue weighted by atomic mass is 10.0. The molecule has 8 heteroatoms. The summed E-state index contributed by atoms with van der Waals surface area (Å²) in [5.74, 6) is 1.70. The first-order valence-electron chi connectivity index (χ1n) is 10.5. The average molecular weight is 443 g/mol. The van der Waals surface area contributed by atoms with Crippen LogP contribution in [-0.2, 0) is 4.79 Å². The van der Waals surface area contributed by atoms with Gasteiger partial charge < -0.3 is 29.2 Å². The van der Waals surface area contributed by atoms with Crippen LogP contribution in [0.3, 0.4) is 0 Å². The molecule has 1 aliphatic heterocycles. The first kappa shape index (κ1) is 23.2. The van der Waals surface area contributed by atoms with Crippen molar-refractivity contribution >= 4 is 11.8 Å². The molecular formula is C24H30N2O6. The van der Waals surface area contributed by atoms with Gasteiger partial charge in [0.15, 0.2) is 18.1 Å². The number of carbonyl (C=O) groups excluding carboxylic acids is 2. The van der Waals surface area contributed by atoms with Crippen molar-refractivity contribution in [1.29, 1.82) is 0 Å². The molecule has 2 aromatic carbocycles. The summed E-state index contributed by atoms with van der Waals surface area (Å²) in [6.45, 7) is 3.04. The van der Waals surface area contributed by atoms with Gasteiger partial charge in [-0.15, -0.1) is 0 Å². The summed E-state index contributed by atoms with van der Waals surface area (Å²) in [5, 5.41) is 2.99. The Labute approximate surface area is 188 Å². The SMILES string of the molecule is COc1cc(C(=O)N2CCC(NC(=O)COc3ccc(C)cc3)CC2)cc(OC)c1OC. The largest absolute Gasteiger partial charge is 0.493 e. The second kappa shape index (κ2) is 10.7. The minimum Gasteiger partial charge on any atom is -0.493 e. The van der Waals surface area contributed by atoms with Gasteiger partial charge >= 0.3 is 0 Å². The standard InChI is InChI=1S/C24H30N2O6/c1-16-5-7-19(8-6-16)32-15-22(27)25-18-9-11-26(12-10-18)24(28)17-13-20(29-2)23(31-4)21(14-17)30-3/h5-8,13-14,18H,9-12,15H2,1-4H3,(H,25,27). The van der Waals surface area contributed by atoms with Crippen LogP contribution in [0.1, 0.15) is 28.8 Å². The van der Waals surface area contributed by atoms with Crippen molar-refractivity contribution in [3.05, 3.63) is 47.5 Å². The number of likely N-dealkylation sites (tertiary alicyclic amines) is 1. The van der Waals surface area contributed by atoms with Gasteiger partial charge in [-0.2, -0.15) is 0 Å². The molecule has 0 atom stereocenters. The summed E-state index contributed by atoms with van der Waals surface area (Å²) < 4.78 is 21.5. The van der Waals surface area contributed by atoms with Gasteiger partial charge in [0.2, 0.25) is 5.75 Å². The zero-order valence-electron chi connectivity index (χ0n) is 19.0. The van der Waals surface area contributed by atoms with Gasteiger partial charge in [0, 0.05) is 24.7 Å². The summed E-state index contributed by atoms with van der Waals surface area (Å²) in [6, 6.07) is 10.9. The highest BCUT2D eigenvalue weighted by Gasteiger charge is 2.26. The smallest absolute Gasteiger partial charge is 0.258 e. The molecule has 3 rings (SSSR count). The predicted molar refractivity (Wildman–Crippen MR) is 120 cm³/mol. The van der Waals surface area contributed by atoms with Gasteiger partial charge in [0.05, 0.1) is 21.3 Å². The third kappa shape index (κ3) is 5.63. The van der Waals surface area contributed by atoms with Gasteiger partial charge in [-0.25, -0.2) is 0 Å². The van der Waals surface area contributed by atoms with Crippen LogP contribution < -0.4 is 24.3 Å². The minimum atomic E-state index is -0.167. The molecule has 172 valence electrons. The van der Waals surface area contributed by atoms with Crippen molar-refractivity contribution in [1.82, 2.24) is 10.2 Å². The van der Waals surface area contributed by atoms with E-state index in [-0.39, 0.29) is 24.5 Å². The quantitative estimate of drug-likeness (QED) is 0.677. The Kier molecular flexibility index (Phi) is 7.81. The molecule has 8 nitrogen and oxygen atoms in total. The molecule has 0 saturated carbocycles. The Hall–Kier alpha value is -3.42. The van der Waals surface area contributed by atoms with Crippen molar-refractivity contribution in [2.75, 3.05) is 41.0 Å². The molecule has 1 N–H and O–H groups in total. The normalized spacial score (nSPS) is 13.9. The van der Waals surface area contributed by atoms with E-state index in [1.165, 1.54) is 21.3 Å². The van der Waals surface area contributed by atoms with E-state index in [9.17, 15) is 9.59 Å². The van der Waals surface area contributed by atoms with Crippen molar-refractivity contribution < 1.29 is 28.5 Å². The van der Waals surface area contributed by atoms with Crippen LogP contribution in [0.2, 0.25) is 0 Å². The zero-order valence-corrected chi connectivity index (χ0v) is 19.0. The van der Waals surface area contributed by atoms with Gasteiger partial charge in [-0.05, 0) is 44.0 Å². The minimum absolute atomic E-state index is 0.00751. The number of methoxy groups -OCH3 is 3. The molecule has 0 bridgehead atoms. The Bertz CT molecular complexity index is 911. The Balaban J connectivity index is 1.52. The summed E-state index contributed by atoms with van der Waals surface area (Å²) in [5.41, 5.74) is 1.60. The highest BCUT2D eigenvalue weighted by Crippen LogP contribution is 2.38. The Morgan fingerprint density at radius 1 is 0.969 bits per heavy atom. The molecule has 1 fully saturated rings. The van der Waals surface area contributed by atoms with Gasteiger partial charge in [0.25, 0.3) is 11.8 Å². The van der Waals surface area contributed by atoms with Crippen molar-refractivity contribution in [3.8, 4) is 23.0 Å². The summed E-state index contributed by atoms with van der Waals surface area (Å²) >= 11 is 0. The second-order valence-corrected chi connectivity index (χ2v) is 7.65. The number of benzene rings is 2. The number of aryl methyl sites for hydroxylation is 1. The Morgan fingerprint density at radius 2 is 1.56 bits per heavy atom. The molecule has 0 aliphatic carbocycles. The highest BCUT2D eigenvalue weighted by molar-refractivity contribution is 5.95. The van der Waals surface area contributed by atoms with E-state index < -0.39 is 0 Å². The molecule has 0 spiro atoms. The average Bonchev–Trinajstić information content (AvgIpc) is 2.82. The maximum atomic E-state index is 13.0. The molecule has 0 unspecified atom stereocenters. The number of piperidine rings is 1. The molecule has 2 amide bonds. The first-order valence-corrected chi connectivity index (χ1v) is 10.5. The predicted octanol–water partition coefficient (Wildman–Crippen LogP) is 2.82. The molecule has 1 saturated heterocycles. The van der Waals surface area contributed by atoms with Crippen LogP contribution in [0.15, 0.2) is 36.4 Å². The van der Waals surface area contributed by atoms with E-state index in [2.05, 4.69) is 5.32 Å². The second-order valence-electron chi connectivity index (χ2n) is 7.65. The van der Waals surface area contributed by atoms with Crippen LogP contribution in [0.25, 0.3) is 0 Å². The van der Waals surface area contributed by atoms with Gasteiger partial charge in [-0.1, -0.05) is 17.7 Å². The summed E-state index contributed by atoms with van der Waals surface area (Å²) in [4.78, 5) is 27.0. The molecule has 32 heavy (non-hydrogen) atoms. The fourth-order valence-electron chi connectivity index (χ4n) is 3.67. The van der Waals surface area contributed by atoms with Crippen LogP contribution >= 0.6 is 0 Å². The topological polar surface area (TPSA) is 86.3 Å².